The van der Waals surface area contributed by atoms with Crippen LogP contribution in [0, 0.1) is 6.92 Å². The number of aryl methyl sites for hydroxylation is 1. The zero-order chi connectivity index (χ0) is 18.4. The maximum atomic E-state index is 12.2. The van der Waals surface area contributed by atoms with E-state index < -0.39 is 21.5 Å². The van der Waals surface area contributed by atoms with E-state index in [0.717, 1.165) is 17.7 Å². The number of carbonyl (C=O) groups excluding carboxylic acids is 1. The fraction of sp³-hybridized carbons (Fsp3) is 0.294. The van der Waals surface area contributed by atoms with E-state index in [1.807, 2.05) is 42.0 Å². The van der Waals surface area contributed by atoms with Crippen LogP contribution in [0.15, 0.2) is 52.2 Å². The highest BCUT2D eigenvalue weighted by Crippen LogP contribution is 2.14. The first-order chi connectivity index (χ1) is 11.8. The molecule has 134 valence electrons. The van der Waals surface area contributed by atoms with E-state index in [9.17, 15) is 18.0 Å². The van der Waals surface area contributed by atoms with Crippen molar-refractivity contribution in [3.63, 3.8) is 0 Å². The third kappa shape index (κ3) is 5.27. The number of carbonyl (C=O) groups is 1. The highest BCUT2D eigenvalue weighted by Gasteiger charge is 2.20. The van der Waals surface area contributed by atoms with Crippen molar-refractivity contribution in [2.75, 3.05) is 13.2 Å². The Bertz CT molecular complexity index is 891. The smallest absolute Gasteiger partial charge is 0.265 e. The van der Waals surface area contributed by atoms with Gasteiger partial charge in [-0.2, -0.15) is 0 Å². The molecule has 1 aromatic heterocycles. The predicted octanol–water partition coefficient (Wildman–Crippen LogP) is 1.31. The average Bonchev–Trinajstić information content (AvgIpc) is 2.54. The van der Waals surface area contributed by atoms with Crippen molar-refractivity contribution in [2.24, 2.45) is 0 Å². The number of ether oxygens (including phenoxy) is 1. The zero-order valence-electron chi connectivity index (χ0n) is 14.0. The summed E-state index contributed by atoms with van der Waals surface area (Å²) in [5, 5.41) is 0. The fourth-order valence-corrected chi connectivity index (χ4v) is 3.47. The zero-order valence-corrected chi connectivity index (χ0v) is 14.8. The number of sulfonamides is 1. The van der Waals surface area contributed by atoms with Crippen LogP contribution in [0.5, 0.6) is 0 Å². The molecule has 1 aromatic carbocycles. The molecule has 0 bridgehead atoms. The molecule has 0 spiro atoms. The van der Waals surface area contributed by atoms with E-state index in [1.54, 1.807) is 0 Å². The van der Waals surface area contributed by atoms with Crippen LogP contribution in [0.4, 0.5) is 0 Å². The van der Waals surface area contributed by atoms with Gasteiger partial charge in [-0.25, -0.2) is 13.1 Å². The van der Waals surface area contributed by atoms with Crippen LogP contribution in [0.1, 0.15) is 24.1 Å². The molecule has 0 aliphatic carbocycles. The van der Waals surface area contributed by atoms with Crippen LogP contribution in [0.2, 0.25) is 0 Å². The lowest BCUT2D eigenvalue weighted by Crippen LogP contribution is -2.34. The molecule has 0 saturated carbocycles. The Hall–Kier alpha value is -2.45. The Balaban J connectivity index is 1.90. The van der Waals surface area contributed by atoms with Gasteiger partial charge in [0.2, 0.25) is 5.56 Å². The highest BCUT2D eigenvalue weighted by atomic mass is 32.2. The minimum atomic E-state index is -4.06. The van der Waals surface area contributed by atoms with E-state index in [1.165, 1.54) is 6.92 Å². The number of H-pyrrole nitrogens is 1. The molecule has 0 fully saturated rings. The van der Waals surface area contributed by atoms with Gasteiger partial charge in [-0.3, -0.25) is 9.59 Å². The second-order valence-corrected chi connectivity index (χ2v) is 7.32. The second kappa shape index (κ2) is 8.09. The number of nitrogens with one attached hydrogen (secondary N) is 2. The molecule has 0 radical (unpaired) electrons. The largest absolute Gasteiger partial charge is 0.371 e. The Morgan fingerprint density at radius 3 is 2.52 bits per heavy atom. The Kier molecular flexibility index (Phi) is 6.11. The monoisotopic (exact) mass is 364 g/mol. The summed E-state index contributed by atoms with van der Waals surface area (Å²) in [4.78, 5) is 25.2. The minimum Gasteiger partial charge on any atom is -0.371 e. The van der Waals surface area contributed by atoms with E-state index in [4.69, 9.17) is 4.74 Å². The average molecular weight is 364 g/mol. The van der Waals surface area contributed by atoms with Crippen LogP contribution >= 0.6 is 0 Å². The van der Waals surface area contributed by atoms with Crippen molar-refractivity contribution in [1.82, 2.24) is 9.71 Å². The molecular weight excluding hydrogens is 344 g/mol. The number of amides is 1. The fourth-order valence-electron chi connectivity index (χ4n) is 2.30. The molecule has 0 saturated heterocycles. The van der Waals surface area contributed by atoms with Gasteiger partial charge in [0, 0.05) is 17.7 Å². The summed E-state index contributed by atoms with van der Waals surface area (Å²) in [5.74, 6) is -0.696. The van der Waals surface area contributed by atoms with Gasteiger partial charge >= 0.3 is 0 Å². The summed E-state index contributed by atoms with van der Waals surface area (Å²) in [5.41, 5.74) is 0.812. The van der Waals surface area contributed by atoms with Crippen molar-refractivity contribution in [2.45, 2.75) is 24.7 Å². The summed E-state index contributed by atoms with van der Waals surface area (Å²) in [7, 11) is -4.06. The van der Waals surface area contributed by atoms with Crippen molar-refractivity contribution < 1.29 is 17.9 Å². The minimum absolute atomic E-state index is 0.0760. The highest BCUT2D eigenvalue weighted by molar-refractivity contribution is 7.90. The van der Waals surface area contributed by atoms with Crippen molar-refractivity contribution >= 4 is 15.9 Å². The topological polar surface area (TPSA) is 105 Å². The van der Waals surface area contributed by atoms with Gasteiger partial charge in [0.25, 0.3) is 15.9 Å². The summed E-state index contributed by atoms with van der Waals surface area (Å²) in [6, 6.07) is 11.9. The summed E-state index contributed by atoms with van der Waals surface area (Å²) in [6.07, 6.45) is 0. The standard InChI is InChI=1S/C17H20N2O5S/c1-12(14-6-4-3-5-7-14)10-24-11-17(21)19-25(22,23)15-8-9-16(20)18-13(15)2/h3-9,12H,10-11H2,1-2H3,(H,18,20)(H,19,21). The molecule has 25 heavy (non-hydrogen) atoms. The molecule has 2 rings (SSSR count). The Morgan fingerprint density at radius 1 is 1.20 bits per heavy atom. The lowest BCUT2D eigenvalue weighted by atomic mass is 10.0. The Morgan fingerprint density at radius 2 is 1.88 bits per heavy atom. The summed E-state index contributed by atoms with van der Waals surface area (Å²) >= 11 is 0. The van der Waals surface area contributed by atoms with Crippen molar-refractivity contribution in [1.29, 1.82) is 0 Å². The van der Waals surface area contributed by atoms with Gasteiger partial charge in [-0.15, -0.1) is 0 Å². The maximum absolute atomic E-state index is 12.2. The van der Waals surface area contributed by atoms with Crippen LogP contribution in [0.3, 0.4) is 0 Å². The molecule has 1 unspecified atom stereocenters. The van der Waals surface area contributed by atoms with E-state index in [0.29, 0.717) is 0 Å². The van der Waals surface area contributed by atoms with E-state index >= 15 is 0 Å². The first-order valence-electron chi connectivity index (χ1n) is 7.68. The Labute approximate surface area is 146 Å². The number of pyridine rings is 1. The molecule has 7 nitrogen and oxygen atoms in total. The molecular formula is C17H20N2O5S. The van der Waals surface area contributed by atoms with Crippen molar-refractivity contribution in [3.8, 4) is 0 Å². The number of benzene rings is 1. The molecule has 1 atom stereocenters. The number of aromatic amines is 1. The number of rotatable bonds is 7. The molecule has 1 amide bonds. The second-order valence-electron chi connectivity index (χ2n) is 5.67. The van der Waals surface area contributed by atoms with Gasteiger partial charge < -0.3 is 9.72 Å². The van der Waals surface area contributed by atoms with Crippen LogP contribution in [0.25, 0.3) is 0 Å². The van der Waals surface area contributed by atoms with Crippen molar-refractivity contribution in [3.05, 3.63) is 64.1 Å². The summed E-state index contributed by atoms with van der Waals surface area (Å²) < 4.78 is 31.6. The molecule has 0 aliphatic rings. The van der Waals surface area contributed by atoms with Crippen LogP contribution < -0.4 is 10.3 Å². The van der Waals surface area contributed by atoms with Crippen LogP contribution in [-0.4, -0.2) is 32.5 Å². The number of hydrogen-bond donors (Lipinski definition) is 2. The third-order valence-electron chi connectivity index (χ3n) is 3.57. The first kappa shape index (κ1) is 18.9. The molecule has 1 heterocycles. The van der Waals surface area contributed by atoms with Gasteiger partial charge in [0.05, 0.1) is 6.61 Å². The molecule has 2 N–H and O–H groups in total. The van der Waals surface area contributed by atoms with E-state index in [2.05, 4.69) is 4.98 Å². The quantitative estimate of drug-likeness (QED) is 0.771. The SMILES string of the molecule is Cc1[nH]c(=O)ccc1S(=O)(=O)NC(=O)COCC(C)c1ccccc1. The molecule has 8 heteroatoms. The first-order valence-corrected chi connectivity index (χ1v) is 9.16. The number of aromatic nitrogens is 1. The van der Waals surface area contributed by atoms with Crippen LogP contribution in [-0.2, 0) is 19.6 Å². The lowest BCUT2D eigenvalue weighted by molar-refractivity contribution is -0.124. The van der Waals surface area contributed by atoms with Gasteiger partial charge in [0.15, 0.2) is 0 Å². The predicted molar refractivity (Wildman–Crippen MR) is 92.8 cm³/mol. The van der Waals surface area contributed by atoms with E-state index in [-0.39, 0.29) is 29.7 Å². The molecule has 2 aromatic rings. The maximum Gasteiger partial charge on any atom is 0.265 e. The molecule has 0 aliphatic heterocycles. The third-order valence-corrected chi connectivity index (χ3v) is 5.09. The van der Waals surface area contributed by atoms with Gasteiger partial charge in [-0.05, 0) is 18.6 Å². The number of hydrogen-bond acceptors (Lipinski definition) is 5. The van der Waals surface area contributed by atoms with Gasteiger partial charge in [0.1, 0.15) is 11.5 Å². The summed E-state index contributed by atoms with van der Waals surface area (Å²) in [6.45, 7) is 3.31. The van der Waals surface area contributed by atoms with Gasteiger partial charge in [-0.1, -0.05) is 37.3 Å². The normalized spacial score (nSPS) is 12.6. The lowest BCUT2D eigenvalue weighted by Gasteiger charge is -2.13.